The summed E-state index contributed by atoms with van der Waals surface area (Å²) in [5, 5.41) is 2.91. The van der Waals surface area contributed by atoms with Gasteiger partial charge in [-0.25, -0.2) is 4.79 Å². The van der Waals surface area contributed by atoms with E-state index in [4.69, 9.17) is 18.9 Å². The minimum Gasteiger partial charge on any atom is -0.493 e. The first-order chi connectivity index (χ1) is 17.6. The van der Waals surface area contributed by atoms with E-state index in [0.717, 1.165) is 50.5 Å². The van der Waals surface area contributed by atoms with Gasteiger partial charge in [0.15, 0.2) is 23.0 Å². The van der Waals surface area contributed by atoms with Crippen molar-refractivity contribution in [2.24, 2.45) is 0 Å². The minimum absolute atomic E-state index is 0.150. The molecule has 1 N–H and O–H groups in total. The topological polar surface area (TPSA) is 66.0 Å². The minimum atomic E-state index is -0.351. The fourth-order valence-electron chi connectivity index (χ4n) is 4.47. The van der Waals surface area contributed by atoms with Crippen molar-refractivity contribution in [3.05, 3.63) is 83.4 Å². The molecule has 1 aliphatic heterocycles. The second-order valence-corrected chi connectivity index (χ2v) is 9.05. The molecule has 0 aliphatic carbocycles. The highest BCUT2D eigenvalue weighted by molar-refractivity contribution is 5.67. The smallest absolute Gasteiger partial charge is 0.407 e. The first-order valence-electron chi connectivity index (χ1n) is 12.6. The number of methoxy groups -OCH3 is 2. The van der Waals surface area contributed by atoms with Gasteiger partial charge >= 0.3 is 6.09 Å². The van der Waals surface area contributed by atoms with Crippen LogP contribution < -0.4 is 19.5 Å². The van der Waals surface area contributed by atoms with Crippen LogP contribution in [0.5, 0.6) is 23.0 Å². The third-order valence-corrected chi connectivity index (χ3v) is 6.47. The molecular formula is C30H35NO5. The number of alkyl carbamates (subject to hydrolysis) is 1. The van der Waals surface area contributed by atoms with Gasteiger partial charge in [-0.1, -0.05) is 42.5 Å². The molecule has 1 unspecified atom stereocenters. The molecule has 0 saturated carbocycles. The Bertz CT molecular complexity index is 1130. The zero-order valence-electron chi connectivity index (χ0n) is 21.1. The number of nitrogens with one attached hydrogen (secondary N) is 1. The number of fused-ring (bicyclic) bond motifs is 4. The third kappa shape index (κ3) is 7.17. The van der Waals surface area contributed by atoms with Crippen LogP contribution in [0.15, 0.2) is 66.7 Å². The first kappa shape index (κ1) is 25.4. The fourth-order valence-corrected chi connectivity index (χ4v) is 4.47. The number of aryl methyl sites for hydroxylation is 2. The largest absolute Gasteiger partial charge is 0.493 e. The van der Waals surface area contributed by atoms with Crippen molar-refractivity contribution in [2.75, 3.05) is 20.8 Å². The molecule has 190 valence electrons. The van der Waals surface area contributed by atoms with Gasteiger partial charge in [0.25, 0.3) is 0 Å². The number of benzene rings is 3. The summed E-state index contributed by atoms with van der Waals surface area (Å²) in [6, 6.07) is 22.1. The summed E-state index contributed by atoms with van der Waals surface area (Å²) in [4.78, 5) is 12.5. The monoisotopic (exact) mass is 489 g/mol. The van der Waals surface area contributed by atoms with Gasteiger partial charge in [-0.2, -0.15) is 0 Å². The van der Waals surface area contributed by atoms with Crippen LogP contribution >= 0.6 is 0 Å². The van der Waals surface area contributed by atoms with Gasteiger partial charge in [-0.05, 0) is 85.9 Å². The van der Waals surface area contributed by atoms with Crippen molar-refractivity contribution in [3.63, 3.8) is 0 Å². The van der Waals surface area contributed by atoms with E-state index in [-0.39, 0.29) is 12.2 Å². The Kier molecular flexibility index (Phi) is 9.09. The summed E-state index contributed by atoms with van der Waals surface area (Å²) in [6.07, 6.45) is 5.49. The van der Waals surface area contributed by atoms with Crippen molar-refractivity contribution >= 4 is 6.09 Å². The number of ether oxygens (including phenoxy) is 4. The molecular weight excluding hydrogens is 454 g/mol. The van der Waals surface area contributed by atoms with E-state index in [1.54, 1.807) is 14.2 Å². The second kappa shape index (κ2) is 12.9. The first-order valence-corrected chi connectivity index (χ1v) is 12.6. The molecule has 0 fully saturated rings. The highest BCUT2D eigenvalue weighted by Gasteiger charge is 2.17. The maximum absolute atomic E-state index is 12.5. The SMILES string of the molecule is COc1ccc2cc1Oc1cc(ccc1OC)CCC(OC(=O)NCCc1ccccc1)CCCC2. The Morgan fingerprint density at radius 2 is 1.53 bits per heavy atom. The number of rotatable bonds is 6. The van der Waals surface area contributed by atoms with Gasteiger partial charge in [0.2, 0.25) is 0 Å². The number of carbonyl (C=O) groups excluding carboxylic acids is 1. The van der Waals surface area contributed by atoms with E-state index in [0.29, 0.717) is 29.5 Å². The van der Waals surface area contributed by atoms with Crippen LogP contribution in [0.1, 0.15) is 42.4 Å². The second-order valence-electron chi connectivity index (χ2n) is 9.05. The molecule has 1 heterocycles. The Morgan fingerprint density at radius 1 is 0.861 bits per heavy atom. The van der Waals surface area contributed by atoms with Crippen molar-refractivity contribution < 1.29 is 23.7 Å². The predicted octanol–water partition coefficient (Wildman–Crippen LogP) is 6.49. The molecule has 4 bridgehead atoms. The predicted molar refractivity (Wildman–Crippen MR) is 140 cm³/mol. The van der Waals surface area contributed by atoms with E-state index in [1.165, 1.54) is 11.1 Å². The molecule has 3 aromatic carbocycles. The Hall–Kier alpha value is -3.67. The maximum Gasteiger partial charge on any atom is 0.407 e. The van der Waals surface area contributed by atoms with E-state index in [1.807, 2.05) is 48.5 Å². The molecule has 1 atom stereocenters. The van der Waals surface area contributed by atoms with Crippen molar-refractivity contribution in [1.29, 1.82) is 0 Å². The van der Waals surface area contributed by atoms with Gasteiger partial charge in [-0.3, -0.25) is 0 Å². The molecule has 0 radical (unpaired) electrons. The molecule has 1 amide bonds. The van der Waals surface area contributed by atoms with E-state index in [9.17, 15) is 4.79 Å². The third-order valence-electron chi connectivity index (χ3n) is 6.47. The van der Waals surface area contributed by atoms with Gasteiger partial charge in [0, 0.05) is 6.54 Å². The summed E-state index contributed by atoms with van der Waals surface area (Å²) in [7, 11) is 3.28. The number of hydrogen-bond acceptors (Lipinski definition) is 5. The lowest BCUT2D eigenvalue weighted by molar-refractivity contribution is 0.0862. The van der Waals surface area contributed by atoms with Crippen LogP contribution in [0.25, 0.3) is 0 Å². The summed E-state index contributed by atoms with van der Waals surface area (Å²) < 4.78 is 23.2. The van der Waals surface area contributed by atoms with Crippen molar-refractivity contribution in [2.45, 2.75) is 51.0 Å². The number of amides is 1. The van der Waals surface area contributed by atoms with Gasteiger partial charge < -0.3 is 24.3 Å². The Balaban J connectivity index is 1.44. The molecule has 0 aromatic heterocycles. The Morgan fingerprint density at radius 3 is 2.19 bits per heavy atom. The standard InChI is InChI=1S/C30H35NO5/c1-33-26-16-13-23-10-6-7-11-25(35-30(32)31-19-18-22-8-4-3-5-9-22)15-12-24-14-17-27(34-2)29(21-24)36-28(26)20-23/h3-5,8-9,13-14,16-17,20-21,25H,6-7,10-12,15,18-19H2,1-2H3,(H,31,32). The average Bonchev–Trinajstić information content (AvgIpc) is 2.90. The van der Waals surface area contributed by atoms with Crippen molar-refractivity contribution in [3.8, 4) is 23.0 Å². The fraction of sp³-hybridized carbons (Fsp3) is 0.367. The molecule has 0 spiro atoms. The highest BCUT2D eigenvalue weighted by Crippen LogP contribution is 2.38. The van der Waals surface area contributed by atoms with Crippen LogP contribution in [-0.4, -0.2) is 33.0 Å². The summed E-state index contributed by atoms with van der Waals surface area (Å²) in [6.45, 7) is 0.550. The summed E-state index contributed by atoms with van der Waals surface area (Å²) in [5.41, 5.74) is 3.46. The molecule has 4 rings (SSSR count). The maximum atomic E-state index is 12.5. The summed E-state index contributed by atoms with van der Waals surface area (Å²) >= 11 is 0. The Labute approximate surface area is 213 Å². The lowest BCUT2D eigenvalue weighted by Crippen LogP contribution is -2.31. The van der Waals surface area contributed by atoms with Crippen LogP contribution in [0.2, 0.25) is 0 Å². The van der Waals surface area contributed by atoms with E-state index < -0.39 is 0 Å². The van der Waals surface area contributed by atoms with Crippen LogP contribution in [0, 0.1) is 0 Å². The number of hydrogen-bond donors (Lipinski definition) is 1. The quantitative estimate of drug-likeness (QED) is 0.429. The molecule has 0 saturated heterocycles. The lowest BCUT2D eigenvalue weighted by atomic mass is 10.00. The lowest BCUT2D eigenvalue weighted by Gasteiger charge is -2.20. The summed E-state index contributed by atoms with van der Waals surface area (Å²) in [5.74, 6) is 2.66. The van der Waals surface area contributed by atoms with Crippen LogP contribution in [0.3, 0.4) is 0 Å². The average molecular weight is 490 g/mol. The van der Waals surface area contributed by atoms with E-state index >= 15 is 0 Å². The van der Waals surface area contributed by atoms with Gasteiger partial charge in [0.1, 0.15) is 6.10 Å². The molecule has 3 aromatic rings. The zero-order valence-corrected chi connectivity index (χ0v) is 21.1. The highest BCUT2D eigenvalue weighted by atomic mass is 16.6. The zero-order chi connectivity index (χ0) is 25.2. The normalized spacial score (nSPS) is 15.7. The van der Waals surface area contributed by atoms with Crippen molar-refractivity contribution in [1.82, 2.24) is 5.32 Å². The van der Waals surface area contributed by atoms with Crippen LogP contribution in [-0.2, 0) is 24.0 Å². The van der Waals surface area contributed by atoms with Crippen LogP contribution in [0.4, 0.5) is 4.79 Å². The number of carbonyl (C=O) groups is 1. The molecule has 6 nitrogen and oxygen atoms in total. The molecule has 36 heavy (non-hydrogen) atoms. The van der Waals surface area contributed by atoms with E-state index in [2.05, 4.69) is 23.5 Å². The molecule has 1 aliphatic rings. The molecule has 6 heteroatoms. The van der Waals surface area contributed by atoms with Gasteiger partial charge in [-0.15, -0.1) is 0 Å². The van der Waals surface area contributed by atoms with Gasteiger partial charge in [0.05, 0.1) is 14.2 Å².